The second kappa shape index (κ2) is 7.74. The van der Waals surface area contributed by atoms with Gasteiger partial charge in [-0.05, 0) is 40.0 Å². The third kappa shape index (κ3) is 4.53. The van der Waals surface area contributed by atoms with E-state index in [0.29, 0.717) is 0 Å². The van der Waals surface area contributed by atoms with Gasteiger partial charge in [0.25, 0.3) is 0 Å². The van der Waals surface area contributed by atoms with Crippen LogP contribution in [0.15, 0.2) is 71.5 Å². The largest absolute Gasteiger partial charge is 0.370 e. The van der Waals surface area contributed by atoms with Gasteiger partial charge < -0.3 is 10.6 Å². The van der Waals surface area contributed by atoms with E-state index in [0.717, 1.165) is 34.8 Å². The average Bonchev–Trinajstić information content (AvgIpc) is 2.58. The molecule has 2 N–H and O–H groups in total. The van der Waals surface area contributed by atoms with Gasteiger partial charge in [-0.25, -0.2) is 9.97 Å². The SMILES string of the molecule is Brc1ccccc1Nc1cc(NCCc2ccccc2)ncn1. The molecule has 1 aromatic heterocycles. The van der Waals surface area contributed by atoms with Crippen LogP contribution in [0.25, 0.3) is 0 Å². The van der Waals surface area contributed by atoms with Gasteiger partial charge >= 0.3 is 0 Å². The lowest BCUT2D eigenvalue weighted by atomic mass is 10.1. The van der Waals surface area contributed by atoms with Crippen LogP contribution in [-0.2, 0) is 6.42 Å². The topological polar surface area (TPSA) is 49.8 Å². The lowest BCUT2D eigenvalue weighted by Crippen LogP contribution is -2.07. The molecule has 0 aliphatic carbocycles. The fraction of sp³-hybridized carbons (Fsp3) is 0.111. The zero-order valence-corrected chi connectivity index (χ0v) is 14.1. The summed E-state index contributed by atoms with van der Waals surface area (Å²) in [6.45, 7) is 0.829. The summed E-state index contributed by atoms with van der Waals surface area (Å²) in [5, 5.41) is 6.61. The van der Waals surface area contributed by atoms with Gasteiger partial charge in [-0.2, -0.15) is 0 Å². The molecule has 4 nitrogen and oxygen atoms in total. The third-order valence-electron chi connectivity index (χ3n) is 3.37. The summed E-state index contributed by atoms with van der Waals surface area (Å²) >= 11 is 3.52. The molecule has 0 unspecified atom stereocenters. The molecule has 0 atom stereocenters. The third-order valence-corrected chi connectivity index (χ3v) is 4.06. The van der Waals surface area contributed by atoms with Crippen molar-refractivity contribution in [2.75, 3.05) is 17.2 Å². The second-order valence-corrected chi connectivity index (χ2v) is 5.91. The van der Waals surface area contributed by atoms with E-state index >= 15 is 0 Å². The maximum Gasteiger partial charge on any atom is 0.135 e. The number of hydrogen-bond acceptors (Lipinski definition) is 4. The molecule has 0 amide bonds. The lowest BCUT2D eigenvalue weighted by Gasteiger charge is -2.10. The molecule has 5 heteroatoms. The number of benzene rings is 2. The van der Waals surface area contributed by atoms with E-state index in [1.165, 1.54) is 5.56 Å². The summed E-state index contributed by atoms with van der Waals surface area (Å²) < 4.78 is 0.997. The summed E-state index contributed by atoms with van der Waals surface area (Å²) in [6, 6.07) is 20.2. The van der Waals surface area contributed by atoms with Gasteiger partial charge in [-0.1, -0.05) is 42.5 Å². The Morgan fingerprint density at radius 1 is 0.870 bits per heavy atom. The van der Waals surface area contributed by atoms with E-state index in [4.69, 9.17) is 0 Å². The van der Waals surface area contributed by atoms with Crippen LogP contribution in [-0.4, -0.2) is 16.5 Å². The Labute approximate surface area is 144 Å². The van der Waals surface area contributed by atoms with Crippen molar-refractivity contribution in [2.24, 2.45) is 0 Å². The van der Waals surface area contributed by atoms with Crippen LogP contribution in [0.4, 0.5) is 17.3 Å². The van der Waals surface area contributed by atoms with Gasteiger partial charge in [0, 0.05) is 17.1 Å². The molecule has 3 rings (SSSR count). The Bertz CT molecular complexity index is 762. The summed E-state index contributed by atoms with van der Waals surface area (Å²) in [5.41, 5.74) is 2.28. The van der Waals surface area contributed by atoms with E-state index in [9.17, 15) is 0 Å². The molecule has 0 aliphatic heterocycles. The van der Waals surface area contributed by atoms with Crippen LogP contribution in [0.2, 0.25) is 0 Å². The van der Waals surface area contributed by atoms with Crippen molar-refractivity contribution < 1.29 is 0 Å². The lowest BCUT2D eigenvalue weighted by molar-refractivity contribution is 1.000. The molecule has 0 fully saturated rings. The van der Waals surface area contributed by atoms with Crippen LogP contribution in [0, 0.1) is 0 Å². The van der Waals surface area contributed by atoms with E-state index in [-0.39, 0.29) is 0 Å². The molecule has 3 aromatic rings. The van der Waals surface area contributed by atoms with E-state index in [1.54, 1.807) is 6.33 Å². The summed E-state index contributed by atoms with van der Waals surface area (Å²) in [7, 11) is 0. The first-order valence-electron chi connectivity index (χ1n) is 7.43. The van der Waals surface area contributed by atoms with Crippen molar-refractivity contribution in [2.45, 2.75) is 6.42 Å². The zero-order valence-electron chi connectivity index (χ0n) is 12.5. The highest BCUT2D eigenvalue weighted by Crippen LogP contribution is 2.24. The van der Waals surface area contributed by atoms with Crippen molar-refractivity contribution in [1.29, 1.82) is 0 Å². The van der Waals surface area contributed by atoms with E-state index < -0.39 is 0 Å². The van der Waals surface area contributed by atoms with Gasteiger partial charge in [0.05, 0.1) is 5.69 Å². The first kappa shape index (κ1) is 15.5. The van der Waals surface area contributed by atoms with Crippen molar-refractivity contribution >= 4 is 33.3 Å². The predicted octanol–water partition coefficient (Wildman–Crippen LogP) is 4.64. The molecule has 0 saturated heterocycles. The predicted molar refractivity (Wildman–Crippen MR) is 98.1 cm³/mol. The van der Waals surface area contributed by atoms with Gasteiger partial charge in [-0.15, -0.1) is 0 Å². The number of hydrogen-bond donors (Lipinski definition) is 2. The minimum Gasteiger partial charge on any atom is -0.370 e. The minimum absolute atomic E-state index is 0.758. The minimum atomic E-state index is 0.758. The molecule has 0 aliphatic rings. The second-order valence-electron chi connectivity index (χ2n) is 5.06. The Hall–Kier alpha value is -2.40. The van der Waals surface area contributed by atoms with Crippen LogP contribution in [0.1, 0.15) is 5.56 Å². The Balaban J connectivity index is 1.60. The maximum absolute atomic E-state index is 4.26. The van der Waals surface area contributed by atoms with Crippen LogP contribution < -0.4 is 10.6 Å². The zero-order chi connectivity index (χ0) is 15.9. The average molecular weight is 369 g/mol. The Kier molecular flexibility index (Phi) is 5.21. The van der Waals surface area contributed by atoms with Gasteiger partial charge in [0.15, 0.2) is 0 Å². The highest BCUT2D eigenvalue weighted by molar-refractivity contribution is 9.10. The molecule has 0 saturated carbocycles. The summed E-state index contributed by atoms with van der Waals surface area (Å²) in [5.74, 6) is 1.57. The molecule has 0 spiro atoms. The molecule has 116 valence electrons. The molecule has 0 radical (unpaired) electrons. The number of rotatable bonds is 6. The smallest absolute Gasteiger partial charge is 0.135 e. The number of nitrogens with one attached hydrogen (secondary N) is 2. The monoisotopic (exact) mass is 368 g/mol. The number of aromatic nitrogens is 2. The fourth-order valence-corrected chi connectivity index (χ4v) is 2.59. The van der Waals surface area contributed by atoms with Crippen molar-refractivity contribution in [3.63, 3.8) is 0 Å². The van der Waals surface area contributed by atoms with Crippen molar-refractivity contribution in [1.82, 2.24) is 9.97 Å². The van der Waals surface area contributed by atoms with E-state index in [1.807, 2.05) is 36.4 Å². The first-order chi connectivity index (χ1) is 11.3. The van der Waals surface area contributed by atoms with Gasteiger partial charge in [0.1, 0.15) is 18.0 Å². The highest BCUT2D eigenvalue weighted by atomic mass is 79.9. The Morgan fingerprint density at radius 2 is 1.61 bits per heavy atom. The number of anilines is 3. The molecule has 0 bridgehead atoms. The van der Waals surface area contributed by atoms with Gasteiger partial charge in [0.2, 0.25) is 0 Å². The van der Waals surface area contributed by atoms with Crippen LogP contribution in [0.3, 0.4) is 0 Å². The van der Waals surface area contributed by atoms with Crippen molar-refractivity contribution in [3.05, 3.63) is 77.0 Å². The molecular formula is C18H17BrN4. The molecular weight excluding hydrogens is 352 g/mol. The standard InChI is InChI=1S/C18H17BrN4/c19-15-8-4-5-9-16(15)23-18-12-17(21-13-22-18)20-11-10-14-6-2-1-3-7-14/h1-9,12-13H,10-11H2,(H2,20,21,22,23). The molecule has 23 heavy (non-hydrogen) atoms. The number of nitrogens with zero attached hydrogens (tertiary/aromatic N) is 2. The summed E-state index contributed by atoms with van der Waals surface area (Å²) in [4.78, 5) is 8.52. The molecule has 2 aromatic carbocycles. The number of halogens is 1. The molecule has 1 heterocycles. The fourth-order valence-electron chi connectivity index (χ4n) is 2.20. The van der Waals surface area contributed by atoms with Crippen molar-refractivity contribution in [3.8, 4) is 0 Å². The van der Waals surface area contributed by atoms with Crippen LogP contribution in [0.5, 0.6) is 0 Å². The number of para-hydroxylation sites is 1. The first-order valence-corrected chi connectivity index (χ1v) is 8.22. The summed E-state index contributed by atoms with van der Waals surface area (Å²) in [6.07, 6.45) is 2.52. The maximum atomic E-state index is 4.26. The quantitative estimate of drug-likeness (QED) is 0.665. The normalized spacial score (nSPS) is 10.3. The van der Waals surface area contributed by atoms with Crippen LogP contribution >= 0.6 is 15.9 Å². The highest BCUT2D eigenvalue weighted by Gasteiger charge is 2.02. The Morgan fingerprint density at radius 3 is 2.43 bits per heavy atom. The van der Waals surface area contributed by atoms with Gasteiger partial charge in [-0.3, -0.25) is 0 Å². The van der Waals surface area contributed by atoms with E-state index in [2.05, 4.69) is 60.8 Å².